The molecule has 1 aromatic carbocycles. The lowest BCUT2D eigenvalue weighted by atomic mass is 10.1. The highest BCUT2D eigenvalue weighted by atomic mass is 32.2. The number of carbonyl (C=O) groups is 2. The molecule has 3 rings (SSSR count). The van der Waals surface area contributed by atoms with Gasteiger partial charge in [0.1, 0.15) is 11.5 Å². The van der Waals surface area contributed by atoms with Gasteiger partial charge in [0, 0.05) is 6.42 Å². The number of hydrogen-bond acceptors (Lipinski definition) is 5. The Bertz CT molecular complexity index is 722. The van der Waals surface area contributed by atoms with Crippen molar-refractivity contribution in [2.75, 3.05) is 13.2 Å². The second-order valence-electron chi connectivity index (χ2n) is 5.95. The van der Waals surface area contributed by atoms with Crippen LogP contribution in [0.3, 0.4) is 0 Å². The summed E-state index contributed by atoms with van der Waals surface area (Å²) in [5, 5.41) is 0. The molecule has 1 aliphatic carbocycles. The van der Waals surface area contributed by atoms with Crippen molar-refractivity contribution in [2.45, 2.75) is 37.0 Å². The third-order valence-electron chi connectivity index (χ3n) is 4.40. The largest absolute Gasteiger partial charge is 0.464 e. The molecule has 23 heavy (non-hydrogen) atoms. The quantitative estimate of drug-likeness (QED) is 0.767. The van der Waals surface area contributed by atoms with E-state index in [4.69, 9.17) is 4.74 Å². The van der Waals surface area contributed by atoms with E-state index in [-0.39, 0.29) is 29.6 Å². The van der Waals surface area contributed by atoms with Gasteiger partial charge in [0.25, 0.3) is 15.9 Å². The molecule has 1 saturated carbocycles. The number of nitrogens with zero attached hydrogens (tertiary/aromatic N) is 1. The summed E-state index contributed by atoms with van der Waals surface area (Å²) in [5.74, 6) is -0.505. The first-order valence-electron chi connectivity index (χ1n) is 7.82. The fourth-order valence-electron chi connectivity index (χ4n) is 3.20. The highest BCUT2D eigenvalue weighted by Crippen LogP contribution is 2.30. The molecular weight excluding hydrogens is 318 g/mol. The zero-order valence-electron chi connectivity index (χ0n) is 12.7. The summed E-state index contributed by atoms with van der Waals surface area (Å²) in [7, 11) is -3.82. The molecule has 2 aliphatic rings. The number of ether oxygens (including phenoxy) is 1. The average Bonchev–Trinajstić information content (AvgIpc) is 3.09. The monoisotopic (exact) mass is 337 g/mol. The van der Waals surface area contributed by atoms with Crippen LogP contribution >= 0.6 is 0 Å². The maximum absolute atomic E-state index is 12.3. The summed E-state index contributed by atoms with van der Waals surface area (Å²) in [4.78, 5) is 23.9. The number of hydrogen-bond donors (Lipinski definition) is 0. The molecule has 1 aromatic rings. The summed E-state index contributed by atoms with van der Waals surface area (Å²) in [5.41, 5.74) is 0.171. The molecule has 7 heteroatoms. The molecule has 0 spiro atoms. The molecule has 0 radical (unpaired) electrons. The summed E-state index contributed by atoms with van der Waals surface area (Å²) in [6.45, 7) is -0.253. The zero-order chi connectivity index (χ0) is 16.4. The fraction of sp³-hybridized carbons (Fsp3) is 0.500. The number of rotatable bonds is 5. The van der Waals surface area contributed by atoms with Crippen LogP contribution in [0.15, 0.2) is 29.2 Å². The van der Waals surface area contributed by atoms with Gasteiger partial charge in [0.2, 0.25) is 0 Å². The number of benzene rings is 1. The first kappa shape index (κ1) is 16.0. The van der Waals surface area contributed by atoms with Crippen molar-refractivity contribution >= 4 is 21.9 Å². The molecule has 124 valence electrons. The van der Waals surface area contributed by atoms with Crippen LogP contribution in [0, 0.1) is 5.92 Å². The smallest absolute Gasteiger partial charge is 0.306 e. The number of amides is 1. The highest BCUT2D eigenvalue weighted by molar-refractivity contribution is 7.90. The fourth-order valence-corrected chi connectivity index (χ4v) is 4.76. The van der Waals surface area contributed by atoms with Gasteiger partial charge in [-0.15, -0.1) is 0 Å². The van der Waals surface area contributed by atoms with Crippen LogP contribution in [0.5, 0.6) is 0 Å². The summed E-state index contributed by atoms with van der Waals surface area (Å²) in [6.07, 6.45) is 4.77. The Morgan fingerprint density at radius 1 is 1.22 bits per heavy atom. The molecule has 1 fully saturated rings. The third kappa shape index (κ3) is 3.10. The maximum Gasteiger partial charge on any atom is 0.306 e. The highest BCUT2D eigenvalue weighted by Gasteiger charge is 2.40. The van der Waals surface area contributed by atoms with E-state index < -0.39 is 15.9 Å². The van der Waals surface area contributed by atoms with Crippen LogP contribution in [0.25, 0.3) is 0 Å². The zero-order valence-corrected chi connectivity index (χ0v) is 13.5. The Balaban J connectivity index is 1.57. The molecular formula is C16H19NO5S. The third-order valence-corrected chi connectivity index (χ3v) is 6.24. The van der Waals surface area contributed by atoms with Crippen LogP contribution in [0.4, 0.5) is 0 Å². The van der Waals surface area contributed by atoms with E-state index in [0.717, 1.165) is 30.0 Å². The van der Waals surface area contributed by atoms with Gasteiger partial charge in [-0.1, -0.05) is 25.0 Å². The van der Waals surface area contributed by atoms with Crippen molar-refractivity contribution < 1.29 is 22.7 Å². The molecule has 0 unspecified atom stereocenters. The van der Waals surface area contributed by atoms with E-state index in [9.17, 15) is 18.0 Å². The minimum absolute atomic E-state index is 0.0160. The van der Waals surface area contributed by atoms with Crippen molar-refractivity contribution in [3.63, 3.8) is 0 Å². The Labute approximate surface area is 135 Å². The predicted molar refractivity (Wildman–Crippen MR) is 82.2 cm³/mol. The lowest BCUT2D eigenvalue weighted by Crippen LogP contribution is -2.33. The molecule has 1 amide bonds. The Morgan fingerprint density at radius 3 is 2.61 bits per heavy atom. The number of esters is 1. The van der Waals surface area contributed by atoms with E-state index in [0.29, 0.717) is 12.3 Å². The van der Waals surface area contributed by atoms with Crippen LogP contribution in [0.2, 0.25) is 0 Å². The standard InChI is InChI=1S/C16H19NO5S/c18-15(11-12-5-1-2-6-12)22-10-9-17-16(19)13-7-3-4-8-14(13)23(17,20)21/h3-4,7-8,12H,1-2,5-6,9-11H2. The minimum atomic E-state index is -3.82. The lowest BCUT2D eigenvalue weighted by Gasteiger charge is -2.15. The summed E-state index contributed by atoms with van der Waals surface area (Å²) < 4.78 is 30.5. The number of carbonyl (C=O) groups excluding carboxylic acids is 2. The van der Waals surface area contributed by atoms with E-state index in [1.807, 2.05) is 0 Å². The van der Waals surface area contributed by atoms with Crippen LogP contribution in [-0.4, -0.2) is 37.8 Å². The van der Waals surface area contributed by atoms with E-state index in [2.05, 4.69) is 0 Å². The molecule has 0 N–H and O–H groups in total. The second kappa shape index (κ2) is 6.31. The van der Waals surface area contributed by atoms with Crippen molar-refractivity contribution in [1.82, 2.24) is 4.31 Å². The second-order valence-corrected chi connectivity index (χ2v) is 7.78. The molecule has 0 bridgehead atoms. The Morgan fingerprint density at radius 2 is 1.91 bits per heavy atom. The van der Waals surface area contributed by atoms with Crippen LogP contribution in [-0.2, 0) is 19.6 Å². The predicted octanol–water partition coefficient (Wildman–Crippen LogP) is 1.95. The van der Waals surface area contributed by atoms with E-state index in [1.54, 1.807) is 12.1 Å². The Kier molecular flexibility index (Phi) is 4.39. The lowest BCUT2D eigenvalue weighted by molar-refractivity contribution is -0.144. The topological polar surface area (TPSA) is 80.8 Å². The van der Waals surface area contributed by atoms with Crippen LogP contribution < -0.4 is 0 Å². The van der Waals surface area contributed by atoms with Gasteiger partial charge in [0.15, 0.2) is 0 Å². The number of fused-ring (bicyclic) bond motifs is 1. The van der Waals surface area contributed by atoms with Gasteiger partial charge >= 0.3 is 5.97 Å². The molecule has 0 aromatic heterocycles. The molecule has 6 nitrogen and oxygen atoms in total. The van der Waals surface area contributed by atoms with Gasteiger partial charge in [-0.2, -0.15) is 0 Å². The summed E-state index contributed by atoms with van der Waals surface area (Å²) >= 11 is 0. The number of sulfonamides is 1. The summed E-state index contributed by atoms with van der Waals surface area (Å²) in [6, 6.07) is 6.10. The van der Waals surface area contributed by atoms with Gasteiger partial charge in [0.05, 0.1) is 12.1 Å². The molecule has 0 atom stereocenters. The Hall–Kier alpha value is -1.89. The van der Waals surface area contributed by atoms with Crippen LogP contribution in [0.1, 0.15) is 42.5 Å². The van der Waals surface area contributed by atoms with Gasteiger partial charge in [-0.05, 0) is 30.9 Å². The molecule has 1 aliphatic heterocycles. The van der Waals surface area contributed by atoms with Crippen molar-refractivity contribution in [3.05, 3.63) is 29.8 Å². The van der Waals surface area contributed by atoms with Gasteiger partial charge in [-0.25, -0.2) is 12.7 Å². The molecule has 0 saturated heterocycles. The normalized spacial score (nSPS) is 19.8. The first-order valence-corrected chi connectivity index (χ1v) is 9.26. The van der Waals surface area contributed by atoms with Crippen molar-refractivity contribution in [3.8, 4) is 0 Å². The van der Waals surface area contributed by atoms with Crippen molar-refractivity contribution in [2.24, 2.45) is 5.92 Å². The molecule has 1 heterocycles. The average molecular weight is 337 g/mol. The first-order chi connectivity index (χ1) is 11.0. The van der Waals surface area contributed by atoms with E-state index >= 15 is 0 Å². The van der Waals surface area contributed by atoms with Gasteiger partial charge in [-0.3, -0.25) is 9.59 Å². The van der Waals surface area contributed by atoms with Gasteiger partial charge < -0.3 is 4.74 Å². The minimum Gasteiger partial charge on any atom is -0.464 e. The van der Waals surface area contributed by atoms with Crippen molar-refractivity contribution in [1.29, 1.82) is 0 Å². The van der Waals surface area contributed by atoms with E-state index in [1.165, 1.54) is 12.1 Å². The maximum atomic E-state index is 12.3. The SMILES string of the molecule is O=C(CC1CCCC1)OCCN1C(=O)c2ccccc2S1(=O)=O.